The van der Waals surface area contributed by atoms with Crippen LogP contribution in [0.1, 0.15) is 59.2 Å². The Morgan fingerprint density at radius 3 is 1.34 bits per heavy atom. The van der Waals surface area contributed by atoms with Crippen molar-refractivity contribution in [3.63, 3.8) is 0 Å². The number of hydrogen-bond acceptors (Lipinski definition) is 18. The molecule has 5 amide bonds. The molecule has 2 heterocycles. The molecule has 21 heteroatoms. The molecular formula is C44H71N3O18. The highest BCUT2D eigenvalue weighted by Crippen LogP contribution is 2.32. The number of carbonyl (C=O) groups is 5. The van der Waals surface area contributed by atoms with Crippen LogP contribution in [0.25, 0.3) is 0 Å². The molecule has 0 aromatic heterocycles. The summed E-state index contributed by atoms with van der Waals surface area (Å²) in [6, 6.07) is 3.52. The summed E-state index contributed by atoms with van der Waals surface area (Å²) in [5.41, 5.74) is 0.376. The summed E-state index contributed by atoms with van der Waals surface area (Å²) in [5.74, 6) is -2.72. The van der Waals surface area contributed by atoms with E-state index < -0.39 is 29.7 Å². The first-order valence-electron chi connectivity index (χ1n) is 22.5. The van der Waals surface area contributed by atoms with Gasteiger partial charge < -0.3 is 66.9 Å². The minimum Gasteiger partial charge on any atom is -0.382 e. The van der Waals surface area contributed by atoms with Crippen LogP contribution < -0.4 is 10.6 Å². The standard InChI is InChI=1S/C44H71N3O18/c1-53-12-13-55-16-17-57-20-21-59-24-25-61-28-29-63-32-33-65-35-34-64-31-30-62-27-26-60-23-22-58-19-18-56-15-14-54-11-4-2-3-8-39(48)45-37-7-5-6-36-41(37)44(52)47(43(36)51)38-9-10-40(49)46-42(38)50/h5-7,38H,2-4,8-35H2,1H3,(H,45,48)(H,46,49,50). The van der Waals surface area contributed by atoms with E-state index in [-0.39, 0.29) is 42.0 Å². The predicted molar refractivity (Wildman–Crippen MR) is 232 cm³/mol. The Kier molecular flexibility index (Phi) is 32.2. The summed E-state index contributed by atoms with van der Waals surface area (Å²) in [4.78, 5) is 63.6. The molecule has 65 heavy (non-hydrogen) atoms. The van der Waals surface area contributed by atoms with E-state index in [1.54, 1.807) is 19.2 Å². The van der Waals surface area contributed by atoms with Crippen LogP contribution in [-0.4, -0.2) is 213 Å². The highest BCUT2D eigenvalue weighted by Gasteiger charge is 2.45. The number of ether oxygens (including phenoxy) is 13. The molecule has 0 aliphatic carbocycles. The summed E-state index contributed by atoms with van der Waals surface area (Å²) in [7, 11) is 1.64. The van der Waals surface area contributed by atoms with Crippen molar-refractivity contribution >= 4 is 35.2 Å². The molecule has 1 saturated heterocycles. The van der Waals surface area contributed by atoms with Crippen LogP contribution in [0.5, 0.6) is 0 Å². The smallest absolute Gasteiger partial charge is 0.264 e. The van der Waals surface area contributed by atoms with Crippen molar-refractivity contribution in [1.29, 1.82) is 0 Å². The number of hydrogen-bond donors (Lipinski definition) is 2. The predicted octanol–water partition coefficient (Wildman–Crippen LogP) is 1.43. The van der Waals surface area contributed by atoms with Gasteiger partial charge in [0, 0.05) is 26.6 Å². The van der Waals surface area contributed by atoms with E-state index in [4.69, 9.17) is 61.6 Å². The van der Waals surface area contributed by atoms with Crippen molar-refractivity contribution in [3.05, 3.63) is 29.3 Å². The molecule has 0 saturated carbocycles. The number of benzene rings is 1. The van der Waals surface area contributed by atoms with Gasteiger partial charge in [-0.25, -0.2) is 0 Å². The van der Waals surface area contributed by atoms with Crippen molar-refractivity contribution in [2.75, 3.05) is 178 Å². The normalized spacial score (nSPS) is 15.0. The summed E-state index contributed by atoms with van der Waals surface area (Å²) in [5, 5.41) is 4.91. The minimum atomic E-state index is -1.08. The number of imide groups is 2. The van der Waals surface area contributed by atoms with Crippen molar-refractivity contribution in [2.24, 2.45) is 0 Å². The van der Waals surface area contributed by atoms with Crippen molar-refractivity contribution in [1.82, 2.24) is 10.2 Å². The second-order valence-electron chi connectivity index (χ2n) is 14.4. The fraction of sp³-hybridized carbons (Fsp3) is 0.750. The SMILES string of the molecule is COCCOCCOCCOCCOCCOCCOCCOCCOCCOCCOCCOCCOCCCCCC(=O)Nc1cccc2c1C(=O)N(C1CCC(=O)NC1=O)C2=O. The molecule has 1 atom stereocenters. The Balaban J connectivity index is 0.971. The number of nitrogens with one attached hydrogen (secondary N) is 2. The lowest BCUT2D eigenvalue weighted by Crippen LogP contribution is -2.54. The average Bonchev–Trinajstić information content (AvgIpc) is 3.55. The van der Waals surface area contributed by atoms with E-state index in [1.807, 2.05) is 0 Å². The molecule has 21 nitrogen and oxygen atoms in total. The van der Waals surface area contributed by atoms with E-state index in [9.17, 15) is 24.0 Å². The quantitative estimate of drug-likeness (QED) is 0.0696. The van der Waals surface area contributed by atoms with Gasteiger partial charge in [0.2, 0.25) is 17.7 Å². The topological polar surface area (TPSA) is 233 Å². The van der Waals surface area contributed by atoms with Gasteiger partial charge >= 0.3 is 0 Å². The molecule has 1 aromatic carbocycles. The fourth-order valence-corrected chi connectivity index (χ4v) is 6.16. The van der Waals surface area contributed by atoms with Crippen LogP contribution >= 0.6 is 0 Å². The summed E-state index contributed by atoms with van der Waals surface area (Å²) >= 11 is 0. The number of anilines is 1. The molecule has 3 rings (SSSR count). The maximum atomic E-state index is 13.2. The second-order valence-corrected chi connectivity index (χ2v) is 14.4. The number of rotatable bonds is 44. The third kappa shape index (κ3) is 25.2. The van der Waals surface area contributed by atoms with Crippen LogP contribution in [0.3, 0.4) is 0 Å². The zero-order valence-corrected chi connectivity index (χ0v) is 38.0. The van der Waals surface area contributed by atoms with Gasteiger partial charge in [0.05, 0.1) is 175 Å². The molecule has 370 valence electrons. The maximum absolute atomic E-state index is 13.2. The average molecular weight is 930 g/mol. The van der Waals surface area contributed by atoms with Gasteiger partial charge in [-0.2, -0.15) is 0 Å². The highest BCUT2D eigenvalue weighted by molar-refractivity contribution is 6.26. The molecule has 0 bridgehead atoms. The van der Waals surface area contributed by atoms with E-state index in [2.05, 4.69) is 10.6 Å². The molecule has 2 aliphatic heterocycles. The number of nitrogens with zero attached hydrogens (tertiary/aromatic N) is 1. The number of unbranched alkanes of at least 4 members (excludes halogenated alkanes) is 2. The van der Waals surface area contributed by atoms with Gasteiger partial charge in [0.25, 0.3) is 11.8 Å². The Bertz CT molecular complexity index is 1470. The lowest BCUT2D eigenvalue weighted by molar-refractivity contribution is -0.136. The Hall–Kier alpha value is -3.55. The number of carbonyl (C=O) groups excluding carboxylic acids is 5. The Morgan fingerprint density at radius 2 is 0.938 bits per heavy atom. The summed E-state index contributed by atoms with van der Waals surface area (Å²) < 4.78 is 70.6. The molecule has 0 radical (unpaired) electrons. The fourth-order valence-electron chi connectivity index (χ4n) is 6.16. The van der Waals surface area contributed by atoms with Gasteiger partial charge in [-0.15, -0.1) is 0 Å². The Labute approximate surface area is 381 Å². The van der Waals surface area contributed by atoms with Gasteiger partial charge in [0.1, 0.15) is 6.04 Å². The maximum Gasteiger partial charge on any atom is 0.264 e. The van der Waals surface area contributed by atoms with Gasteiger partial charge in [-0.3, -0.25) is 34.2 Å². The zero-order valence-electron chi connectivity index (χ0n) is 38.0. The molecule has 2 aliphatic rings. The molecule has 0 spiro atoms. The number of piperidine rings is 1. The first-order valence-corrected chi connectivity index (χ1v) is 22.5. The van der Waals surface area contributed by atoms with Crippen molar-refractivity contribution in [3.8, 4) is 0 Å². The Morgan fingerprint density at radius 1 is 0.538 bits per heavy atom. The lowest BCUT2D eigenvalue weighted by Gasteiger charge is -2.27. The minimum absolute atomic E-state index is 0.0262. The monoisotopic (exact) mass is 929 g/mol. The summed E-state index contributed by atoms with van der Waals surface area (Å²) in [6.07, 6.45) is 2.43. The molecule has 1 unspecified atom stereocenters. The molecule has 1 fully saturated rings. The first-order chi connectivity index (χ1) is 31.9. The number of amides is 5. The number of methoxy groups -OCH3 is 1. The van der Waals surface area contributed by atoms with E-state index in [1.165, 1.54) is 6.07 Å². The van der Waals surface area contributed by atoms with E-state index in [0.29, 0.717) is 172 Å². The van der Waals surface area contributed by atoms with Crippen LogP contribution in [-0.2, 0) is 76.0 Å². The number of fused-ring (bicyclic) bond motifs is 1. The largest absolute Gasteiger partial charge is 0.382 e. The van der Waals surface area contributed by atoms with Crippen molar-refractivity contribution in [2.45, 2.75) is 44.6 Å². The lowest BCUT2D eigenvalue weighted by atomic mass is 10.0. The highest BCUT2D eigenvalue weighted by atomic mass is 16.6. The van der Waals surface area contributed by atoms with Gasteiger partial charge in [0.15, 0.2) is 0 Å². The first kappa shape index (κ1) is 55.8. The molecule has 1 aromatic rings. The third-order valence-corrected chi connectivity index (χ3v) is 9.46. The molecule has 2 N–H and O–H groups in total. The van der Waals surface area contributed by atoms with Gasteiger partial charge in [-0.1, -0.05) is 12.5 Å². The van der Waals surface area contributed by atoms with Crippen LogP contribution in [0.15, 0.2) is 18.2 Å². The van der Waals surface area contributed by atoms with Crippen LogP contribution in [0, 0.1) is 0 Å². The zero-order chi connectivity index (χ0) is 46.4. The van der Waals surface area contributed by atoms with Crippen LogP contribution in [0.4, 0.5) is 5.69 Å². The molecular weight excluding hydrogens is 858 g/mol. The van der Waals surface area contributed by atoms with Crippen molar-refractivity contribution < 1.29 is 85.6 Å². The summed E-state index contributed by atoms with van der Waals surface area (Å²) in [6.45, 7) is 12.3. The van der Waals surface area contributed by atoms with Crippen LogP contribution in [0.2, 0.25) is 0 Å². The second kappa shape index (κ2) is 37.5. The van der Waals surface area contributed by atoms with E-state index in [0.717, 1.165) is 17.7 Å². The van der Waals surface area contributed by atoms with Gasteiger partial charge in [-0.05, 0) is 31.4 Å². The third-order valence-electron chi connectivity index (χ3n) is 9.46. The van der Waals surface area contributed by atoms with E-state index >= 15 is 0 Å².